The minimum Gasteiger partial charge on any atom is -0.342 e. The van der Waals surface area contributed by atoms with Gasteiger partial charge >= 0.3 is 0 Å². The summed E-state index contributed by atoms with van der Waals surface area (Å²) >= 11 is 5.93. The molecule has 1 atom stereocenters. The minimum atomic E-state index is -3.46. The van der Waals surface area contributed by atoms with Crippen LogP contribution in [0, 0.1) is 0 Å². The number of anilines is 1. The standard InChI is InChI=1S/C9H11ClN2O2S/c1-2-12-7-5-3-4-6-8(7)15(13,14)11-9(12)10/h3-6,9,11H,2H2,1H3. The van der Waals surface area contributed by atoms with Crippen molar-refractivity contribution in [3.63, 3.8) is 0 Å². The molecule has 0 fully saturated rings. The largest absolute Gasteiger partial charge is 0.342 e. The van der Waals surface area contributed by atoms with Gasteiger partial charge in [-0.3, -0.25) is 0 Å². The molecule has 2 rings (SSSR count). The van der Waals surface area contributed by atoms with Gasteiger partial charge in [0.2, 0.25) is 10.0 Å². The highest BCUT2D eigenvalue weighted by atomic mass is 35.5. The number of rotatable bonds is 1. The van der Waals surface area contributed by atoms with Crippen LogP contribution in [-0.4, -0.2) is 20.6 Å². The summed E-state index contributed by atoms with van der Waals surface area (Å²) in [5.41, 5.74) is -0.0614. The van der Waals surface area contributed by atoms with E-state index < -0.39 is 15.6 Å². The highest BCUT2D eigenvalue weighted by Gasteiger charge is 2.32. The third-order valence-electron chi connectivity index (χ3n) is 2.33. The zero-order valence-electron chi connectivity index (χ0n) is 8.14. The lowest BCUT2D eigenvalue weighted by Gasteiger charge is -2.34. The Morgan fingerprint density at radius 3 is 2.80 bits per heavy atom. The average molecular weight is 247 g/mol. The normalized spacial score (nSPS) is 23.6. The highest BCUT2D eigenvalue weighted by molar-refractivity contribution is 7.89. The van der Waals surface area contributed by atoms with Gasteiger partial charge in [-0.1, -0.05) is 23.7 Å². The number of nitrogens with one attached hydrogen (secondary N) is 1. The van der Waals surface area contributed by atoms with Crippen molar-refractivity contribution in [3.8, 4) is 0 Å². The Hall–Kier alpha value is -0.780. The van der Waals surface area contributed by atoms with Crippen LogP contribution in [-0.2, 0) is 10.0 Å². The van der Waals surface area contributed by atoms with Crippen LogP contribution >= 0.6 is 11.6 Å². The monoisotopic (exact) mass is 246 g/mol. The van der Waals surface area contributed by atoms with Crippen LogP contribution in [0.5, 0.6) is 0 Å². The van der Waals surface area contributed by atoms with Crippen molar-refractivity contribution in [1.29, 1.82) is 0 Å². The predicted octanol–water partition coefficient (Wildman–Crippen LogP) is 1.33. The van der Waals surface area contributed by atoms with Crippen molar-refractivity contribution in [2.45, 2.75) is 17.4 Å². The minimum absolute atomic E-state index is 0.281. The maximum atomic E-state index is 11.7. The van der Waals surface area contributed by atoms with E-state index in [0.29, 0.717) is 12.2 Å². The molecule has 1 aromatic rings. The first kappa shape index (κ1) is 10.7. The Bertz CT molecular complexity index is 475. The SMILES string of the molecule is CCN1c2ccccc2S(=O)(=O)NC1Cl. The molecule has 1 aliphatic heterocycles. The first-order valence-electron chi connectivity index (χ1n) is 4.58. The molecule has 1 unspecified atom stereocenters. The van der Waals surface area contributed by atoms with E-state index in [9.17, 15) is 8.42 Å². The number of halogens is 1. The molecule has 1 aliphatic rings. The number of nitrogens with zero attached hydrogens (tertiary/aromatic N) is 1. The Kier molecular flexibility index (Phi) is 2.62. The topological polar surface area (TPSA) is 49.4 Å². The van der Waals surface area contributed by atoms with E-state index in [1.165, 1.54) is 0 Å². The molecule has 1 heterocycles. The molecular weight excluding hydrogens is 236 g/mol. The van der Waals surface area contributed by atoms with Gasteiger partial charge in [0, 0.05) is 6.54 Å². The van der Waals surface area contributed by atoms with Gasteiger partial charge in [0.15, 0.2) is 5.62 Å². The summed E-state index contributed by atoms with van der Waals surface area (Å²) in [6.45, 7) is 2.57. The van der Waals surface area contributed by atoms with E-state index in [-0.39, 0.29) is 4.90 Å². The number of hydrogen-bond donors (Lipinski definition) is 1. The Labute approximate surface area is 93.9 Å². The van der Waals surface area contributed by atoms with Gasteiger partial charge in [0.05, 0.1) is 5.69 Å². The number of fused-ring (bicyclic) bond motifs is 1. The molecule has 0 radical (unpaired) electrons. The van der Waals surface area contributed by atoms with Crippen LogP contribution in [0.15, 0.2) is 29.2 Å². The van der Waals surface area contributed by atoms with Crippen LogP contribution in [0.25, 0.3) is 0 Å². The summed E-state index contributed by atoms with van der Waals surface area (Å²) in [5, 5.41) is 0. The average Bonchev–Trinajstić information content (AvgIpc) is 2.17. The number of benzene rings is 1. The molecule has 1 N–H and O–H groups in total. The van der Waals surface area contributed by atoms with Crippen LogP contribution < -0.4 is 9.62 Å². The van der Waals surface area contributed by atoms with Crippen LogP contribution in [0.2, 0.25) is 0 Å². The maximum absolute atomic E-state index is 11.7. The fourth-order valence-electron chi connectivity index (χ4n) is 1.63. The third-order valence-corrected chi connectivity index (χ3v) is 4.26. The van der Waals surface area contributed by atoms with E-state index >= 15 is 0 Å². The third kappa shape index (κ3) is 1.71. The second-order valence-corrected chi connectivity index (χ2v) is 5.31. The summed E-state index contributed by atoms with van der Waals surface area (Å²) in [6, 6.07) is 6.82. The molecule has 82 valence electrons. The molecule has 4 nitrogen and oxygen atoms in total. The first-order chi connectivity index (χ1) is 7.06. The van der Waals surface area contributed by atoms with Crippen molar-refractivity contribution in [3.05, 3.63) is 24.3 Å². The summed E-state index contributed by atoms with van der Waals surface area (Å²) in [4.78, 5) is 2.07. The molecule has 1 aromatic carbocycles. The molecule has 0 bridgehead atoms. The smallest absolute Gasteiger partial charge is 0.245 e. The molecule has 15 heavy (non-hydrogen) atoms. The number of hydrogen-bond acceptors (Lipinski definition) is 3. The summed E-state index contributed by atoms with van der Waals surface area (Å²) < 4.78 is 25.8. The second-order valence-electron chi connectivity index (χ2n) is 3.21. The zero-order chi connectivity index (χ0) is 11.1. The van der Waals surface area contributed by atoms with Crippen LogP contribution in [0.3, 0.4) is 0 Å². The molecule has 0 aromatic heterocycles. The van der Waals surface area contributed by atoms with Crippen molar-refractivity contribution in [1.82, 2.24) is 4.72 Å². The number of para-hydroxylation sites is 1. The van der Waals surface area contributed by atoms with Gasteiger partial charge < -0.3 is 4.90 Å². The zero-order valence-corrected chi connectivity index (χ0v) is 9.72. The summed E-state index contributed by atoms with van der Waals surface area (Å²) in [5.74, 6) is 0. The molecule has 0 saturated carbocycles. The van der Waals surface area contributed by atoms with Crippen LogP contribution in [0.4, 0.5) is 5.69 Å². The van der Waals surface area contributed by atoms with Crippen molar-refractivity contribution >= 4 is 27.3 Å². The highest BCUT2D eigenvalue weighted by Crippen LogP contribution is 2.31. The summed E-state index contributed by atoms with van der Waals surface area (Å²) in [7, 11) is -3.46. The lowest BCUT2D eigenvalue weighted by molar-refractivity contribution is 0.563. The Balaban J connectivity index is 2.64. The predicted molar refractivity (Wildman–Crippen MR) is 59.4 cm³/mol. The summed E-state index contributed by atoms with van der Waals surface area (Å²) in [6.07, 6.45) is 0. The van der Waals surface area contributed by atoms with E-state index in [4.69, 9.17) is 11.6 Å². The van der Waals surface area contributed by atoms with E-state index in [1.54, 1.807) is 29.2 Å². The lowest BCUT2D eigenvalue weighted by Crippen LogP contribution is -2.49. The van der Waals surface area contributed by atoms with Gasteiger partial charge in [0.25, 0.3) is 0 Å². The quantitative estimate of drug-likeness (QED) is 0.601. The van der Waals surface area contributed by atoms with Gasteiger partial charge in [-0.05, 0) is 19.1 Å². The maximum Gasteiger partial charge on any atom is 0.245 e. The van der Waals surface area contributed by atoms with Gasteiger partial charge in [0.1, 0.15) is 4.90 Å². The Morgan fingerprint density at radius 2 is 2.13 bits per heavy atom. The molecule has 6 heteroatoms. The van der Waals surface area contributed by atoms with Gasteiger partial charge in [-0.2, -0.15) is 4.72 Å². The Morgan fingerprint density at radius 1 is 1.47 bits per heavy atom. The molecule has 0 spiro atoms. The van der Waals surface area contributed by atoms with Gasteiger partial charge in [-0.15, -0.1) is 0 Å². The van der Waals surface area contributed by atoms with E-state index in [2.05, 4.69) is 4.72 Å². The van der Waals surface area contributed by atoms with Crippen molar-refractivity contribution < 1.29 is 8.42 Å². The van der Waals surface area contributed by atoms with E-state index in [0.717, 1.165) is 0 Å². The second kappa shape index (κ2) is 3.66. The lowest BCUT2D eigenvalue weighted by atomic mass is 10.3. The molecule has 0 aliphatic carbocycles. The molecule has 0 amide bonds. The van der Waals surface area contributed by atoms with Crippen molar-refractivity contribution in [2.75, 3.05) is 11.4 Å². The van der Waals surface area contributed by atoms with Gasteiger partial charge in [-0.25, -0.2) is 8.42 Å². The fraction of sp³-hybridized carbons (Fsp3) is 0.333. The van der Waals surface area contributed by atoms with Crippen molar-refractivity contribution in [2.24, 2.45) is 0 Å². The first-order valence-corrected chi connectivity index (χ1v) is 6.50. The number of sulfonamides is 1. The van der Waals surface area contributed by atoms with Crippen LogP contribution in [0.1, 0.15) is 6.92 Å². The molecular formula is C9H11ClN2O2S. The molecule has 0 saturated heterocycles. The van der Waals surface area contributed by atoms with E-state index in [1.807, 2.05) is 6.92 Å². The fourth-order valence-corrected chi connectivity index (χ4v) is 3.45. The number of alkyl halides is 1.